The second kappa shape index (κ2) is 9.05. The van der Waals surface area contributed by atoms with Crippen molar-refractivity contribution in [3.8, 4) is 11.5 Å². The smallest absolute Gasteiger partial charge is 0.241 e. The average molecular weight is 421 g/mol. The molecule has 2 aromatic rings. The van der Waals surface area contributed by atoms with E-state index in [-0.39, 0.29) is 11.9 Å². The van der Waals surface area contributed by atoms with Crippen LogP contribution in [0, 0.1) is 6.92 Å². The molecule has 2 aromatic carbocycles. The van der Waals surface area contributed by atoms with Crippen molar-refractivity contribution in [2.24, 2.45) is 0 Å². The number of carbonyl (C=O) groups is 1. The third-order valence-electron chi connectivity index (χ3n) is 4.33. The molecule has 0 spiro atoms. The van der Waals surface area contributed by atoms with Crippen molar-refractivity contribution in [3.05, 3.63) is 52.0 Å². The maximum atomic E-state index is 12.6. The Bertz CT molecular complexity index is 780. The van der Waals surface area contributed by atoms with Crippen LogP contribution in [0.3, 0.4) is 0 Å². The number of methoxy groups -OCH3 is 2. The van der Waals surface area contributed by atoms with Gasteiger partial charge in [0.1, 0.15) is 0 Å². The monoisotopic (exact) mass is 420 g/mol. The molecule has 5 nitrogen and oxygen atoms in total. The predicted octanol–water partition coefficient (Wildman–Crippen LogP) is 4.23. The van der Waals surface area contributed by atoms with Gasteiger partial charge in [0.15, 0.2) is 11.5 Å². The number of rotatable bonds is 7. The van der Waals surface area contributed by atoms with Gasteiger partial charge in [0.2, 0.25) is 5.91 Å². The Morgan fingerprint density at radius 1 is 1.23 bits per heavy atom. The Labute approximate surface area is 163 Å². The van der Waals surface area contributed by atoms with E-state index in [9.17, 15) is 4.79 Å². The molecule has 0 bridgehead atoms. The number of para-hydroxylation sites is 1. The second-order valence-electron chi connectivity index (χ2n) is 6.22. The normalized spacial score (nSPS) is 12.0. The molecule has 0 aliphatic rings. The lowest BCUT2D eigenvalue weighted by molar-refractivity contribution is -0.120. The van der Waals surface area contributed by atoms with Crippen molar-refractivity contribution in [1.82, 2.24) is 4.90 Å². The number of carbonyl (C=O) groups excluding carboxylic acids is 1. The number of hydrogen-bond acceptors (Lipinski definition) is 4. The lowest BCUT2D eigenvalue weighted by Gasteiger charge is -2.25. The minimum atomic E-state index is -0.320. The molecule has 1 atom stereocenters. The maximum Gasteiger partial charge on any atom is 0.241 e. The van der Waals surface area contributed by atoms with Crippen molar-refractivity contribution in [2.45, 2.75) is 26.4 Å². The van der Waals surface area contributed by atoms with Gasteiger partial charge in [0, 0.05) is 16.6 Å². The van der Waals surface area contributed by atoms with Crippen molar-refractivity contribution in [1.29, 1.82) is 0 Å². The van der Waals surface area contributed by atoms with Crippen LogP contribution < -0.4 is 14.8 Å². The van der Waals surface area contributed by atoms with E-state index in [4.69, 9.17) is 9.47 Å². The zero-order valence-electron chi connectivity index (χ0n) is 15.8. The van der Waals surface area contributed by atoms with Crippen LogP contribution in [0.1, 0.15) is 18.1 Å². The minimum Gasteiger partial charge on any atom is -0.493 e. The van der Waals surface area contributed by atoms with Crippen LogP contribution in [-0.4, -0.2) is 38.1 Å². The van der Waals surface area contributed by atoms with E-state index in [2.05, 4.69) is 21.2 Å². The van der Waals surface area contributed by atoms with Gasteiger partial charge in [0.25, 0.3) is 0 Å². The van der Waals surface area contributed by atoms with Gasteiger partial charge in [-0.05, 0) is 60.6 Å². The minimum absolute atomic E-state index is 0.0704. The Kier molecular flexibility index (Phi) is 7.06. The molecule has 0 saturated carbocycles. The van der Waals surface area contributed by atoms with Crippen LogP contribution in [0.15, 0.2) is 40.9 Å². The van der Waals surface area contributed by atoms with E-state index in [1.54, 1.807) is 14.2 Å². The fraction of sp³-hybridized carbons (Fsp3) is 0.350. The van der Waals surface area contributed by atoms with Crippen LogP contribution in [0.4, 0.5) is 5.69 Å². The first kappa shape index (κ1) is 20.3. The molecule has 1 N–H and O–H groups in total. The summed E-state index contributed by atoms with van der Waals surface area (Å²) in [5.41, 5.74) is 2.86. The number of halogens is 1. The van der Waals surface area contributed by atoms with Crippen molar-refractivity contribution in [2.75, 3.05) is 26.6 Å². The van der Waals surface area contributed by atoms with Crippen molar-refractivity contribution in [3.63, 3.8) is 0 Å². The zero-order valence-corrected chi connectivity index (χ0v) is 17.4. The number of aryl methyl sites for hydroxylation is 1. The molecule has 2 rings (SSSR count). The summed E-state index contributed by atoms with van der Waals surface area (Å²) in [6.07, 6.45) is 0. The Morgan fingerprint density at radius 3 is 2.58 bits per heavy atom. The van der Waals surface area contributed by atoms with Crippen LogP contribution in [0.25, 0.3) is 0 Å². The molecule has 0 aliphatic heterocycles. The van der Waals surface area contributed by atoms with Crippen LogP contribution in [0.2, 0.25) is 0 Å². The topological polar surface area (TPSA) is 50.8 Å². The van der Waals surface area contributed by atoms with Crippen molar-refractivity contribution >= 4 is 27.5 Å². The molecule has 0 fully saturated rings. The lowest BCUT2D eigenvalue weighted by atomic mass is 10.1. The third kappa shape index (κ3) is 4.77. The lowest BCUT2D eigenvalue weighted by Crippen LogP contribution is -2.39. The van der Waals surface area contributed by atoms with Gasteiger partial charge < -0.3 is 14.8 Å². The number of hydrogen-bond donors (Lipinski definition) is 1. The molecule has 26 heavy (non-hydrogen) atoms. The van der Waals surface area contributed by atoms with E-state index in [0.717, 1.165) is 21.3 Å². The molecule has 140 valence electrons. The largest absolute Gasteiger partial charge is 0.493 e. The number of nitrogens with zero attached hydrogens (tertiary/aromatic N) is 1. The van der Waals surface area contributed by atoms with E-state index in [0.29, 0.717) is 18.0 Å². The quantitative estimate of drug-likeness (QED) is 0.727. The maximum absolute atomic E-state index is 12.6. The Morgan fingerprint density at radius 2 is 1.96 bits per heavy atom. The first-order valence-electron chi connectivity index (χ1n) is 8.34. The standard InChI is InChI=1S/C20H25BrN2O3/c1-13-9-10-17(16(21)11-13)22-20(24)14(2)23(3)12-15-7-6-8-18(25-4)19(15)26-5/h6-11,14H,12H2,1-5H3,(H,22,24). The Hall–Kier alpha value is -2.05. The first-order valence-corrected chi connectivity index (χ1v) is 9.13. The SMILES string of the molecule is COc1cccc(CN(C)C(C)C(=O)Nc2ccc(C)cc2Br)c1OC. The summed E-state index contributed by atoms with van der Waals surface area (Å²) in [5, 5.41) is 2.97. The van der Waals surface area contributed by atoms with Gasteiger partial charge >= 0.3 is 0 Å². The summed E-state index contributed by atoms with van der Waals surface area (Å²) >= 11 is 3.49. The van der Waals surface area contributed by atoms with E-state index in [1.165, 1.54) is 0 Å². The highest BCUT2D eigenvalue weighted by Gasteiger charge is 2.21. The predicted molar refractivity (Wildman–Crippen MR) is 108 cm³/mol. The van der Waals surface area contributed by atoms with Crippen LogP contribution in [0.5, 0.6) is 11.5 Å². The molecule has 0 radical (unpaired) electrons. The highest BCUT2D eigenvalue weighted by atomic mass is 79.9. The van der Waals surface area contributed by atoms with Crippen LogP contribution in [-0.2, 0) is 11.3 Å². The molecule has 0 aliphatic carbocycles. The molecular formula is C20H25BrN2O3. The van der Waals surface area contributed by atoms with E-state index >= 15 is 0 Å². The number of amides is 1. The number of nitrogens with one attached hydrogen (secondary N) is 1. The molecule has 0 heterocycles. The zero-order chi connectivity index (χ0) is 19.3. The van der Waals surface area contributed by atoms with Crippen molar-refractivity contribution < 1.29 is 14.3 Å². The van der Waals surface area contributed by atoms with Gasteiger partial charge in [0.05, 0.1) is 25.9 Å². The molecular weight excluding hydrogens is 396 g/mol. The summed E-state index contributed by atoms with van der Waals surface area (Å²) in [6.45, 7) is 4.45. The second-order valence-corrected chi connectivity index (χ2v) is 7.07. The fourth-order valence-electron chi connectivity index (χ4n) is 2.64. The van der Waals surface area contributed by atoms with Gasteiger partial charge in [-0.2, -0.15) is 0 Å². The highest BCUT2D eigenvalue weighted by Crippen LogP contribution is 2.31. The molecule has 0 aromatic heterocycles. The van der Waals surface area contributed by atoms with E-state index < -0.39 is 0 Å². The summed E-state index contributed by atoms with van der Waals surface area (Å²) in [7, 11) is 5.14. The summed E-state index contributed by atoms with van der Waals surface area (Å²) in [4.78, 5) is 14.6. The summed E-state index contributed by atoms with van der Waals surface area (Å²) in [5.74, 6) is 1.30. The summed E-state index contributed by atoms with van der Waals surface area (Å²) in [6, 6.07) is 11.3. The molecule has 0 saturated heterocycles. The molecule has 1 unspecified atom stereocenters. The fourth-order valence-corrected chi connectivity index (χ4v) is 3.24. The molecule has 6 heteroatoms. The average Bonchev–Trinajstić information content (AvgIpc) is 2.62. The first-order chi connectivity index (χ1) is 12.4. The van der Waals surface area contributed by atoms with Crippen LogP contribution >= 0.6 is 15.9 Å². The van der Waals surface area contributed by atoms with Gasteiger partial charge in [-0.1, -0.05) is 18.2 Å². The number of anilines is 1. The van der Waals surface area contributed by atoms with E-state index in [1.807, 2.05) is 62.2 Å². The number of likely N-dealkylation sites (N-methyl/N-ethyl adjacent to an activating group) is 1. The highest BCUT2D eigenvalue weighted by molar-refractivity contribution is 9.10. The third-order valence-corrected chi connectivity index (χ3v) is 4.98. The van der Waals surface area contributed by atoms with Gasteiger partial charge in [-0.15, -0.1) is 0 Å². The number of benzene rings is 2. The van der Waals surface area contributed by atoms with Gasteiger partial charge in [-0.25, -0.2) is 0 Å². The molecule has 1 amide bonds. The number of ether oxygens (including phenoxy) is 2. The summed E-state index contributed by atoms with van der Waals surface area (Å²) < 4.78 is 11.7. The van der Waals surface area contributed by atoms with Gasteiger partial charge in [-0.3, -0.25) is 9.69 Å². The Balaban J connectivity index is 2.09.